The van der Waals surface area contributed by atoms with Crippen molar-refractivity contribution in [2.24, 2.45) is 0 Å². The number of hydrogen-bond donors (Lipinski definition) is 0. The molecule has 78 valence electrons. The lowest BCUT2D eigenvalue weighted by molar-refractivity contribution is 0.729. The predicted octanol–water partition coefficient (Wildman–Crippen LogP) is 2.40. The van der Waals surface area contributed by atoms with Crippen molar-refractivity contribution in [1.82, 2.24) is 9.66 Å². The van der Waals surface area contributed by atoms with Crippen molar-refractivity contribution in [3.8, 4) is 0 Å². The van der Waals surface area contributed by atoms with Crippen molar-refractivity contribution >= 4 is 5.69 Å². The highest BCUT2D eigenvalue weighted by Crippen LogP contribution is 2.15. The summed E-state index contributed by atoms with van der Waals surface area (Å²) in [5.41, 5.74) is 3.59. The maximum absolute atomic E-state index is 4.02. The van der Waals surface area contributed by atoms with Gasteiger partial charge in [-0.1, -0.05) is 0 Å². The summed E-state index contributed by atoms with van der Waals surface area (Å²) >= 11 is 0. The first-order valence-electron chi connectivity index (χ1n) is 4.99. The van der Waals surface area contributed by atoms with Crippen LogP contribution in [0.5, 0.6) is 0 Å². The summed E-state index contributed by atoms with van der Waals surface area (Å²) in [5, 5.41) is 2.12. The highest BCUT2D eigenvalue weighted by atomic mass is 15.5. The minimum Gasteiger partial charge on any atom is -0.284 e. The van der Waals surface area contributed by atoms with Crippen LogP contribution in [0.4, 0.5) is 5.69 Å². The zero-order chi connectivity index (χ0) is 10.8. The number of aromatic nitrogens is 2. The summed E-state index contributed by atoms with van der Waals surface area (Å²) in [4.78, 5) is 4.02. The van der Waals surface area contributed by atoms with Crippen LogP contribution in [-0.4, -0.2) is 16.7 Å². The topological polar surface area (TPSA) is 21.1 Å². The third-order valence-electron chi connectivity index (χ3n) is 2.57. The molecule has 3 nitrogen and oxygen atoms in total. The van der Waals surface area contributed by atoms with Gasteiger partial charge in [0.15, 0.2) is 0 Å². The van der Waals surface area contributed by atoms with E-state index in [0.29, 0.717) is 0 Å². The van der Waals surface area contributed by atoms with Gasteiger partial charge in [0.1, 0.15) is 0 Å². The normalized spacial score (nSPS) is 10.3. The average molecular weight is 201 g/mol. The lowest BCUT2D eigenvalue weighted by atomic mass is 10.4. The van der Waals surface area contributed by atoms with Crippen LogP contribution in [0.1, 0.15) is 11.4 Å². The van der Waals surface area contributed by atoms with E-state index in [-0.39, 0.29) is 0 Å². The maximum atomic E-state index is 4.02. The minimum atomic E-state index is 1.13. The molecule has 0 saturated carbocycles. The fraction of sp³-hybridized carbons (Fsp3) is 0.250. The summed E-state index contributed by atoms with van der Waals surface area (Å²) in [7, 11) is 2.05. The molecule has 0 N–H and O–H groups in total. The molecule has 2 aromatic rings. The first-order chi connectivity index (χ1) is 7.20. The van der Waals surface area contributed by atoms with Gasteiger partial charge >= 0.3 is 0 Å². The largest absolute Gasteiger partial charge is 0.284 e. The standard InChI is InChI=1S/C12H15N3/c1-10-4-5-11(2)15(10)14(3)12-6-8-13-9-7-12/h4-9H,1-3H3. The Balaban J connectivity index is 2.41. The zero-order valence-corrected chi connectivity index (χ0v) is 9.31. The number of aryl methyl sites for hydroxylation is 2. The van der Waals surface area contributed by atoms with Gasteiger partial charge in [0.05, 0.1) is 5.69 Å². The van der Waals surface area contributed by atoms with Crippen molar-refractivity contribution in [3.63, 3.8) is 0 Å². The molecule has 2 rings (SSSR count). The second-order valence-electron chi connectivity index (χ2n) is 3.66. The first kappa shape index (κ1) is 9.77. The number of nitrogens with zero attached hydrogens (tertiary/aromatic N) is 3. The van der Waals surface area contributed by atoms with E-state index < -0.39 is 0 Å². The van der Waals surface area contributed by atoms with E-state index in [1.807, 2.05) is 12.1 Å². The molecule has 15 heavy (non-hydrogen) atoms. The minimum absolute atomic E-state index is 1.13. The predicted molar refractivity (Wildman–Crippen MR) is 61.9 cm³/mol. The lowest BCUT2D eigenvalue weighted by Gasteiger charge is -2.24. The van der Waals surface area contributed by atoms with Crippen LogP contribution in [0.25, 0.3) is 0 Å². The van der Waals surface area contributed by atoms with E-state index in [2.05, 4.69) is 47.7 Å². The van der Waals surface area contributed by atoms with Gasteiger partial charge in [0.2, 0.25) is 0 Å². The van der Waals surface area contributed by atoms with Crippen LogP contribution in [0, 0.1) is 13.8 Å². The second-order valence-corrected chi connectivity index (χ2v) is 3.66. The molecule has 0 aromatic carbocycles. The summed E-state index contributed by atoms with van der Waals surface area (Å²) in [6.07, 6.45) is 3.61. The van der Waals surface area contributed by atoms with Crippen LogP contribution in [0.3, 0.4) is 0 Å². The fourth-order valence-corrected chi connectivity index (χ4v) is 1.81. The van der Waals surface area contributed by atoms with Crippen molar-refractivity contribution in [2.45, 2.75) is 13.8 Å². The Morgan fingerprint density at radius 3 is 2.07 bits per heavy atom. The smallest absolute Gasteiger partial charge is 0.0605 e. The van der Waals surface area contributed by atoms with Crippen LogP contribution in [0.2, 0.25) is 0 Å². The Kier molecular flexibility index (Phi) is 2.46. The monoisotopic (exact) mass is 201 g/mol. The van der Waals surface area contributed by atoms with E-state index in [4.69, 9.17) is 0 Å². The lowest BCUT2D eigenvalue weighted by Crippen LogP contribution is -2.26. The number of hydrogen-bond acceptors (Lipinski definition) is 2. The Morgan fingerprint density at radius 1 is 1.00 bits per heavy atom. The van der Waals surface area contributed by atoms with Crippen molar-refractivity contribution in [3.05, 3.63) is 48.0 Å². The van der Waals surface area contributed by atoms with Crippen LogP contribution in [-0.2, 0) is 0 Å². The molecule has 0 aliphatic carbocycles. The molecule has 0 fully saturated rings. The Bertz CT molecular complexity index is 426. The molecule has 0 amide bonds. The molecular formula is C12H15N3. The van der Waals surface area contributed by atoms with E-state index in [1.54, 1.807) is 12.4 Å². The van der Waals surface area contributed by atoms with Gasteiger partial charge in [0.25, 0.3) is 0 Å². The summed E-state index contributed by atoms with van der Waals surface area (Å²) < 4.78 is 2.18. The Labute approximate surface area is 90.0 Å². The van der Waals surface area contributed by atoms with Crippen LogP contribution < -0.4 is 5.01 Å². The van der Waals surface area contributed by atoms with Gasteiger partial charge in [-0.15, -0.1) is 0 Å². The SMILES string of the molecule is Cc1ccc(C)n1N(C)c1ccncc1. The van der Waals surface area contributed by atoms with Gasteiger partial charge in [-0.3, -0.25) is 14.7 Å². The number of rotatable bonds is 2. The highest BCUT2D eigenvalue weighted by Gasteiger charge is 2.07. The summed E-state index contributed by atoms with van der Waals surface area (Å²) in [5.74, 6) is 0. The molecule has 0 bridgehead atoms. The zero-order valence-electron chi connectivity index (χ0n) is 9.31. The third-order valence-corrected chi connectivity index (χ3v) is 2.57. The van der Waals surface area contributed by atoms with Crippen LogP contribution in [0.15, 0.2) is 36.7 Å². The van der Waals surface area contributed by atoms with E-state index in [9.17, 15) is 0 Å². The van der Waals surface area contributed by atoms with E-state index in [1.165, 1.54) is 11.4 Å². The van der Waals surface area contributed by atoms with Gasteiger partial charge in [-0.05, 0) is 38.1 Å². The van der Waals surface area contributed by atoms with Gasteiger partial charge in [0, 0.05) is 30.8 Å². The Morgan fingerprint density at radius 2 is 1.53 bits per heavy atom. The molecule has 0 atom stereocenters. The highest BCUT2D eigenvalue weighted by molar-refractivity contribution is 5.44. The molecule has 0 aliphatic rings. The second kappa shape index (κ2) is 3.77. The summed E-state index contributed by atoms with van der Waals surface area (Å²) in [6.45, 7) is 4.20. The maximum Gasteiger partial charge on any atom is 0.0605 e. The third kappa shape index (κ3) is 1.73. The molecule has 3 heteroatoms. The number of anilines is 1. The molecule has 0 aliphatic heterocycles. The van der Waals surface area contributed by atoms with E-state index >= 15 is 0 Å². The molecular weight excluding hydrogens is 186 g/mol. The molecule has 0 unspecified atom stereocenters. The fourth-order valence-electron chi connectivity index (χ4n) is 1.81. The van der Waals surface area contributed by atoms with Gasteiger partial charge in [-0.2, -0.15) is 0 Å². The number of pyridine rings is 1. The quantitative estimate of drug-likeness (QED) is 0.744. The van der Waals surface area contributed by atoms with Crippen molar-refractivity contribution in [1.29, 1.82) is 0 Å². The molecule has 0 radical (unpaired) electrons. The first-order valence-corrected chi connectivity index (χ1v) is 4.99. The van der Waals surface area contributed by atoms with Crippen molar-refractivity contribution in [2.75, 3.05) is 12.1 Å². The van der Waals surface area contributed by atoms with Gasteiger partial charge in [-0.25, -0.2) is 0 Å². The Hall–Kier alpha value is -1.77. The van der Waals surface area contributed by atoms with Crippen LogP contribution >= 0.6 is 0 Å². The molecule has 0 spiro atoms. The van der Waals surface area contributed by atoms with E-state index in [0.717, 1.165) is 5.69 Å². The average Bonchev–Trinajstić information content (AvgIpc) is 2.59. The summed E-state index contributed by atoms with van der Waals surface area (Å²) in [6, 6.07) is 8.23. The van der Waals surface area contributed by atoms with Crippen molar-refractivity contribution < 1.29 is 0 Å². The molecule has 0 saturated heterocycles. The van der Waals surface area contributed by atoms with Gasteiger partial charge < -0.3 is 0 Å². The molecule has 2 heterocycles. The molecule has 2 aromatic heterocycles.